The van der Waals surface area contributed by atoms with Gasteiger partial charge in [0, 0.05) is 17.5 Å². The van der Waals surface area contributed by atoms with Gasteiger partial charge in [-0.1, -0.05) is 23.7 Å². The lowest BCUT2D eigenvalue weighted by Gasteiger charge is -2.23. The Morgan fingerprint density at radius 1 is 1.24 bits per heavy atom. The zero-order chi connectivity index (χ0) is 20.4. The number of hydrogen-bond acceptors (Lipinski definition) is 5. The number of nitrogens with zero attached hydrogens (tertiary/aromatic N) is 3. The molecule has 0 spiro atoms. The van der Waals surface area contributed by atoms with Gasteiger partial charge < -0.3 is 9.73 Å². The number of carbonyl (C=O) groups is 2. The maximum atomic E-state index is 13.0. The number of likely N-dealkylation sites (N-methyl/N-ethyl adjacent to an activating group) is 1. The highest BCUT2D eigenvalue weighted by atomic mass is 35.5. The third-order valence-corrected chi connectivity index (χ3v) is 5.23. The number of hydrazone groups is 1. The number of hydrogen-bond donors (Lipinski definition) is 1. The van der Waals surface area contributed by atoms with E-state index in [9.17, 15) is 9.59 Å². The van der Waals surface area contributed by atoms with Crippen molar-refractivity contribution in [2.45, 2.75) is 31.3 Å². The number of benzene rings is 1. The molecule has 2 aromatic rings. The van der Waals surface area contributed by atoms with Crippen LogP contribution in [0.2, 0.25) is 5.02 Å². The summed E-state index contributed by atoms with van der Waals surface area (Å²) in [6.07, 6.45) is 4.21. The lowest BCUT2D eigenvalue weighted by atomic mass is 10.0. The molecule has 1 aromatic carbocycles. The van der Waals surface area contributed by atoms with E-state index in [-0.39, 0.29) is 30.9 Å². The minimum Gasteiger partial charge on any atom is -0.467 e. The third kappa shape index (κ3) is 4.86. The van der Waals surface area contributed by atoms with Gasteiger partial charge in [-0.2, -0.15) is 5.10 Å². The molecule has 0 bridgehead atoms. The second-order valence-electron chi connectivity index (χ2n) is 7.54. The Labute approximate surface area is 174 Å². The molecule has 0 saturated heterocycles. The summed E-state index contributed by atoms with van der Waals surface area (Å²) in [5.41, 5.74) is 1.71. The highest BCUT2D eigenvalue weighted by Crippen LogP contribution is 2.33. The van der Waals surface area contributed by atoms with Crippen molar-refractivity contribution in [1.82, 2.24) is 15.2 Å². The molecule has 8 heteroatoms. The number of nitrogens with one attached hydrogen (secondary N) is 1. The first-order chi connectivity index (χ1) is 14.0. The fourth-order valence-electron chi connectivity index (χ4n) is 3.36. The van der Waals surface area contributed by atoms with E-state index in [0.717, 1.165) is 24.1 Å². The lowest BCUT2D eigenvalue weighted by Crippen LogP contribution is -2.41. The summed E-state index contributed by atoms with van der Waals surface area (Å²) in [6, 6.07) is 11.0. The maximum Gasteiger partial charge on any atom is 0.257 e. The van der Waals surface area contributed by atoms with Crippen LogP contribution in [0.25, 0.3) is 0 Å². The van der Waals surface area contributed by atoms with Gasteiger partial charge in [-0.25, -0.2) is 5.01 Å². The van der Waals surface area contributed by atoms with Gasteiger partial charge in [0.15, 0.2) is 0 Å². The van der Waals surface area contributed by atoms with Crippen LogP contribution in [-0.4, -0.2) is 53.6 Å². The summed E-state index contributed by atoms with van der Waals surface area (Å²) >= 11 is 5.98. The van der Waals surface area contributed by atoms with E-state index in [1.54, 1.807) is 36.4 Å². The van der Waals surface area contributed by atoms with Gasteiger partial charge in [-0.15, -0.1) is 0 Å². The lowest BCUT2D eigenvalue weighted by molar-refractivity contribution is -0.134. The normalized spacial score (nSPS) is 18.8. The Kier molecular flexibility index (Phi) is 5.69. The van der Waals surface area contributed by atoms with Crippen molar-refractivity contribution in [3.63, 3.8) is 0 Å². The van der Waals surface area contributed by atoms with E-state index in [0.29, 0.717) is 23.2 Å². The molecule has 1 saturated carbocycles. The van der Waals surface area contributed by atoms with Crippen molar-refractivity contribution in [1.29, 1.82) is 0 Å². The van der Waals surface area contributed by atoms with E-state index < -0.39 is 0 Å². The van der Waals surface area contributed by atoms with Crippen molar-refractivity contribution in [3.8, 4) is 0 Å². The van der Waals surface area contributed by atoms with Crippen LogP contribution in [0.3, 0.4) is 0 Å². The second-order valence-corrected chi connectivity index (χ2v) is 7.98. The highest BCUT2D eigenvalue weighted by molar-refractivity contribution is 6.30. The van der Waals surface area contributed by atoms with Crippen molar-refractivity contribution >= 4 is 29.1 Å². The predicted octanol–water partition coefficient (Wildman–Crippen LogP) is 2.82. The molecule has 2 amide bonds. The van der Waals surface area contributed by atoms with Crippen LogP contribution in [0.5, 0.6) is 0 Å². The SMILES string of the molecule is CN(CC(=O)NC1CC1)CC(=O)N1N=C(c2ccc(Cl)cc2)C[C@H]1c1ccco1. The van der Waals surface area contributed by atoms with Crippen LogP contribution >= 0.6 is 11.6 Å². The molecule has 1 aromatic heterocycles. The van der Waals surface area contributed by atoms with Crippen LogP contribution < -0.4 is 5.32 Å². The largest absolute Gasteiger partial charge is 0.467 e. The zero-order valence-corrected chi connectivity index (χ0v) is 16.9. The highest BCUT2D eigenvalue weighted by Gasteiger charge is 2.35. The predicted molar refractivity (Wildman–Crippen MR) is 110 cm³/mol. The molecule has 1 fully saturated rings. The first kappa shape index (κ1) is 19.7. The van der Waals surface area contributed by atoms with Gasteiger partial charge in [0.1, 0.15) is 11.8 Å². The van der Waals surface area contributed by atoms with Gasteiger partial charge >= 0.3 is 0 Å². The molecule has 0 radical (unpaired) electrons. The zero-order valence-electron chi connectivity index (χ0n) is 16.2. The Bertz CT molecular complexity index is 907. The molecule has 7 nitrogen and oxygen atoms in total. The fourth-order valence-corrected chi connectivity index (χ4v) is 3.49. The quantitative estimate of drug-likeness (QED) is 0.755. The van der Waals surface area contributed by atoms with E-state index >= 15 is 0 Å². The number of carbonyl (C=O) groups excluding carboxylic acids is 2. The van der Waals surface area contributed by atoms with Crippen LogP contribution in [0.1, 0.15) is 36.6 Å². The smallest absolute Gasteiger partial charge is 0.257 e. The molecule has 2 aliphatic rings. The van der Waals surface area contributed by atoms with Crippen molar-refractivity contribution in [3.05, 3.63) is 59.0 Å². The summed E-state index contributed by atoms with van der Waals surface area (Å²) < 4.78 is 5.56. The van der Waals surface area contributed by atoms with Gasteiger partial charge in [0.25, 0.3) is 5.91 Å². The molecule has 1 aliphatic carbocycles. The van der Waals surface area contributed by atoms with Crippen LogP contribution in [0.4, 0.5) is 0 Å². The van der Waals surface area contributed by atoms with E-state index in [1.807, 2.05) is 18.2 Å². The average Bonchev–Trinajstić information content (AvgIpc) is 3.17. The van der Waals surface area contributed by atoms with Gasteiger partial charge in [0.2, 0.25) is 5.91 Å². The van der Waals surface area contributed by atoms with Gasteiger partial charge in [0.05, 0.1) is 25.1 Å². The van der Waals surface area contributed by atoms with Crippen LogP contribution in [0, 0.1) is 0 Å². The summed E-state index contributed by atoms with van der Waals surface area (Å²) in [4.78, 5) is 26.7. The van der Waals surface area contributed by atoms with Crippen molar-refractivity contribution < 1.29 is 14.0 Å². The molecular formula is C21H23ClN4O3. The molecule has 4 rings (SSSR count). The third-order valence-electron chi connectivity index (χ3n) is 4.98. The minimum atomic E-state index is -0.308. The molecule has 0 unspecified atom stereocenters. The summed E-state index contributed by atoms with van der Waals surface area (Å²) in [7, 11) is 1.76. The molecule has 2 heterocycles. The Morgan fingerprint density at radius 3 is 2.66 bits per heavy atom. The maximum absolute atomic E-state index is 13.0. The Balaban J connectivity index is 1.47. The van der Waals surface area contributed by atoms with Gasteiger partial charge in [-0.05, 0) is 49.7 Å². The standard InChI is InChI=1S/C21H23ClN4O3/c1-25(12-20(27)23-16-8-9-16)13-21(28)26-18(19-3-2-10-29-19)11-17(24-26)14-4-6-15(22)7-5-14/h2-7,10,16,18H,8-9,11-13H2,1H3,(H,23,27)/t18-/m0/s1. The fraction of sp³-hybridized carbons (Fsp3) is 0.381. The minimum absolute atomic E-state index is 0.0582. The number of amides is 2. The molecule has 152 valence electrons. The number of rotatable bonds is 7. The van der Waals surface area contributed by atoms with E-state index in [2.05, 4.69) is 10.4 Å². The molecule has 1 atom stereocenters. The second kappa shape index (κ2) is 8.39. The summed E-state index contributed by atoms with van der Waals surface area (Å²) in [6.45, 7) is 0.266. The van der Waals surface area contributed by atoms with E-state index in [1.165, 1.54) is 5.01 Å². The first-order valence-electron chi connectivity index (χ1n) is 9.66. The van der Waals surface area contributed by atoms with Crippen molar-refractivity contribution in [2.24, 2.45) is 5.10 Å². The summed E-state index contributed by atoms with van der Waals surface area (Å²) in [5.74, 6) is 0.439. The average molecular weight is 415 g/mol. The van der Waals surface area contributed by atoms with Gasteiger partial charge in [-0.3, -0.25) is 14.5 Å². The number of halogens is 1. The first-order valence-corrected chi connectivity index (χ1v) is 10.0. The Morgan fingerprint density at radius 2 is 2.00 bits per heavy atom. The molecule has 1 aliphatic heterocycles. The summed E-state index contributed by atoms with van der Waals surface area (Å²) in [5, 5.41) is 9.64. The van der Waals surface area contributed by atoms with Crippen LogP contribution in [-0.2, 0) is 9.59 Å². The van der Waals surface area contributed by atoms with E-state index in [4.69, 9.17) is 16.0 Å². The topological polar surface area (TPSA) is 78.2 Å². The monoisotopic (exact) mass is 414 g/mol. The Hall–Kier alpha value is -2.64. The van der Waals surface area contributed by atoms with Crippen LogP contribution in [0.15, 0.2) is 52.2 Å². The van der Waals surface area contributed by atoms with Crippen molar-refractivity contribution in [2.75, 3.05) is 20.1 Å². The molecule has 1 N–H and O–H groups in total. The molecular weight excluding hydrogens is 392 g/mol. The number of furan rings is 1. The molecule has 29 heavy (non-hydrogen) atoms.